The molecular weight excluding hydrogens is 384 g/mol. The molecule has 0 aliphatic carbocycles. The number of amides is 1. The van der Waals surface area contributed by atoms with E-state index in [2.05, 4.69) is 16.9 Å². The highest BCUT2D eigenvalue weighted by Gasteiger charge is 2.17. The van der Waals surface area contributed by atoms with Crippen molar-refractivity contribution in [2.75, 3.05) is 18.8 Å². The zero-order valence-electron chi connectivity index (χ0n) is 17.1. The number of aromatic nitrogens is 3. The number of unbranched alkanes of at least 4 members (excludes halogenated alkanes) is 1. The third-order valence-electron chi connectivity index (χ3n) is 4.69. The fourth-order valence-electron chi connectivity index (χ4n) is 3.09. The fraction of sp³-hybridized carbons (Fsp3) is 0.364. The van der Waals surface area contributed by atoms with Crippen molar-refractivity contribution in [2.45, 2.75) is 38.8 Å². The van der Waals surface area contributed by atoms with Gasteiger partial charge in [-0.2, -0.15) is 0 Å². The highest BCUT2D eigenvalue weighted by Crippen LogP contribution is 2.21. The summed E-state index contributed by atoms with van der Waals surface area (Å²) in [6, 6.07) is 12.8. The van der Waals surface area contributed by atoms with Crippen LogP contribution < -0.4 is 5.56 Å². The van der Waals surface area contributed by atoms with E-state index in [0.29, 0.717) is 28.4 Å². The van der Waals surface area contributed by atoms with Crippen LogP contribution in [0.2, 0.25) is 0 Å². The molecule has 6 nitrogen and oxygen atoms in total. The molecule has 2 aromatic heterocycles. The maximum atomic E-state index is 13.2. The predicted octanol–water partition coefficient (Wildman–Crippen LogP) is 3.83. The second kappa shape index (κ2) is 9.69. The molecule has 0 radical (unpaired) electrons. The van der Waals surface area contributed by atoms with E-state index in [1.54, 1.807) is 12.1 Å². The van der Waals surface area contributed by atoms with Crippen LogP contribution in [0.4, 0.5) is 0 Å². The van der Waals surface area contributed by atoms with Gasteiger partial charge in [-0.25, -0.2) is 14.5 Å². The standard InChI is InChI=1S/C22H26N4O2S/c1-4-6-14-25(5-2)20(27)15-29-22-24-18-12-8-7-11-17(18)21(28)26(22)19-13-9-10-16(3)23-19/h7-13H,4-6,14-15H2,1-3H3. The number of carbonyl (C=O) groups excluding carboxylic acids is 1. The van der Waals surface area contributed by atoms with E-state index in [1.807, 2.05) is 49.1 Å². The maximum Gasteiger partial charge on any atom is 0.267 e. The lowest BCUT2D eigenvalue weighted by Crippen LogP contribution is -2.33. The monoisotopic (exact) mass is 410 g/mol. The van der Waals surface area contributed by atoms with Gasteiger partial charge in [-0.15, -0.1) is 0 Å². The number of hydrogen-bond donors (Lipinski definition) is 0. The lowest BCUT2D eigenvalue weighted by atomic mass is 10.2. The van der Waals surface area contributed by atoms with Crippen LogP contribution >= 0.6 is 11.8 Å². The first-order chi connectivity index (χ1) is 14.0. The highest BCUT2D eigenvalue weighted by atomic mass is 32.2. The molecule has 0 saturated heterocycles. The van der Waals surface area contributed by atoms with Crippen molar-refractivity contribution in [3.63, 3.8) is 0 Å². The van der Waals surface area contributed by atoms with Crippen LogP contribution in [0.3, 0.4) is 0 Å². The van der Waals surface area contributed by atoms with Gasteiger partial charge in [0, 0.05) is 18.8 Å². The van der Waals surface area contributed by atoms with E-state index in [0.717, 1.165) is 25.1 Å². The largest absolute Gasteiger partial charge is 0.342 e. The minimum Gasteiger partial charge on any atom is -0.342 e. The smallest absolute Gasteiger partial charge is 0.267 e. The van der Waals surface area contributed by atoms with Gasteiger partial charge in [0.15, 0.2) is 5.16 Å². The van der Waals surface area contributed by atoms with Gasteiger partial charge in [0.2, 0.25) is 5.91 Å². The van der Waals surface area contributed by atoms with E-state index in [-0.39, 0.29) is 17.2 Å². The van der Waals surface area contributed by atoms with Gasteiger partial charge in [-0.3, -0.25) is 9.59 Å². The molecule has 152 valence electrons. The Kier molecular flexibility index (Phi) is 7.04. The molecule has 3 aromatic rings. The normalized spacial score (nSPS) is 11.0. The number of aryl methyl sites for hydroxylation is 1. The molecule has 0 saturated carbocycles. The first-order valence-corrected chi connectivity index (χ1v) is 10.9. The summed E-state index contributed by atoms with van der Waals surface area (Å²) in [6.45, 7) is 7.41. The van der Waals surface area contributed by atoms with E-state index in [9.17, 15) is 9.59 Å². The molecule has 0 aliphatic rings. The van der Waals surface area contributed by atoms with Crippen molar-refractivity contribution in [1.82, 2.24) is 19.4 Å². The number of pyridine rings is 1. The molecule has 1 amide bonds. The molecule has 0 spiro atoms. The van der Waals surface area contributed by atoms with Crippen LogP contribution in [0.25, 0.3) is 16.7 Å². The molecule has 0 unspecified atom stereocenters. The van der Waals surface area contributed by atoms with Crippen LogP contribution in [-0.2, 0) is 4.79 Å². The van der Waals surface area contributed by atoms with Gasteiger partial charge in [0.1, 0.15) is 5.82 Å². The summed E-state index contributed by atoms with van der Waals surface area (Å²) in [4.78, 5) is 36.9. The van der Waals surface area contributed by atoms with Crippen LogP contribution in [0.15, 0.2) is 52.4 Å². The number of thioether (sulfide) groups is 1. The summed E-state index contributed by atoms with van der Waals surface area (Å²) >= 11 is 1.28. The first kappa shape index (κ1) is 21.0. The van der Waals surface area contributed by atoms with Crippen molar-refractivity contribution in [2.24, 2.45) is 0 Å². The molecule has 1 aromatic carbocycles. The number of fused-ring (bicyclic) bond motifs is 1. The molecule has 0 aliphatic heterocycles. The molecule has 0 atom stereocenters. The number of nitrogens with zero attached hydrogens (tertiary/aromatic N) is 4. The van der Waals surface area contributed by atoms with Gasteiger partial charge in [0.25, 0.3) is 5.56 Å². The van der Waals surface area contributed by atoms with Crippen LogP contribution in [0.1, 0.15) is 32.4 Å². The number of para-hydroxylation sites is 1. The molecule has 7 heteroatoms. The summed E-state index contributed by atoms with van der Waals surface area (Å²) in [5.41, 5.74) is 1.25. The minimum atomic E-state index is -0.179. The molecular formula is C22H26N4O2S. The Morgan fingerprint density at radius 1 is 1.10 bits per heavy atom. The van der Waals surface area contributed by atoms with Gasteiger partial charge >= 0.3 is 0 Å². The van der Waals surface area contributed by atoms with Crippen molar-refractivity contribution in [3.05, 3.63) is 58.5 Å². The number of benzene rings is 1. The number of hydrogen-bond acceptors (Lipinski definition) is 5. The summed E-state index contributed by atoms with van der Waals surface area (Å²) in [5, 5.41) is 1.01. The fourth-order valence-corrected chi connectivity index (χ4v) is 3.99. The predicted molar refractivity (Wildman–Crippen MR) is 118 cm³/mol. The highest BCUT2D eigenvalue weighted by molar-refractivity contribution is 7.99. The molecule has 3 rings (SSSR count). The topological polar surface area (TPSA) is 68.1 Å². The van der Waals surface area contributed by atoms with Gasteiger partial charge in [-0.05, 0) is 44.5 Å². The average Bonchev–Trinajstić information content (AvgIpc) is 2.73. The van der Waals surface area contributed by atoms with Crippen LogP contribution in [0, 0.1) is 6.92 Å². The Labute approximate surface area is 175 Å². The Bertz CT molecular complexity index is 1060. The third kappa shape index (κ3) is 4.85. The molecule has 29 heavy (non-hydrogen) atoms. The molecule has 0 N–H and O–H groups in total. The van der Waals surface area contributed by atoms with Crippen LogP contribution in [0.5, 0.6) is 0 Å². The van der Waals surface area contributed by atoms with E-state index in [4.69, 9.17) is 0 Å². The number of rotatable bonds is 8. The Hall–Kier alpha value is -2.67. The van der Waals surface area contributed by atoms with E-state index >= 15 is 0 Å². The van der Waals surface area contributed by atoms with Crippen molar-refractivity contribution in [3.8, 4) is 5.82 Å². The quantitative estimate of drug-likeness (QED) is 0.417. The summed E-state index contributed by atoms with van der Waals surface area (Å²) in [6.07, 6.45) is 2.03. The SMILES string of the molecule is CCCCN(CC)C(=O)CSc1nc2ccccc2c(=O)n1-c1cccc(C)n1. The average molecular weight is 411 g/mol. The molecule has 0 bridgehead atoms. The zero-order valence-corrected chi connectivity index (χ0v) is 17.9. The van der Waals surface area contributed by atoms with E-state index in [1.165, 1.54) is 16.3 Å². The minimum absolute atomic E-state index is 0.0529. The van der Waals surface area contributed by atoms with Crippen molar-refractivity contribution in [1.29, 1.82) is 0 Å². The Morgan fingerprint density at radius 2 is 1.90 bits per heavy atom. The van der Waals surface area contributed by atoms with Gasteiger partial charge in [-0.1, -0.05) is 43.3 Å². The van der Waals surface area contributed by atoms with Crippen molar-refractivity contribution < 1.29 is 4.79 Å². The van der Waals surface area contributed by atoms with Gasteiger partial charge in [0.05, 0.1) is 16.7 Å². The first-order valence-electron chi connectivity index (χ1n) is 9.91. The zero-order chi connectivity index (χ0) is 20.8. The summed E-state index contributed by atoms with van der Waals surface area (Å²) in [5.74, 6) is 0.798. The molecule has 0 fully saturated rings. The van der Waals surface area contributed by atoms with Crippen molar-refractivity contribution >= 4 is 28.6 Å². The third-order valence-corrected chi connectivity index (χ3v) is 5.61. The van der Waals surface area contributed by atoms with E-state index < -0.39 is 0 Å². The lowest BCUT2D eigenvalue weighted by molar-refractivity contribution is -0.128. The van der Waals surface area contributed by atoms with Crippen LogP contribution in [-0.4, -0.2) is 44.2 Å². The second-order valence-corrected chi connectivity index (χ2v) is 7.75. The Balaban J connectivity index is 1.99. The molecule has 2 heterocycles. The lowest BCUT2D eigenvalue weighted by Gasteiger charge is -2.20. The second-order valence-electron chi connectivity index (χ2n) is 6.80. The number of carbonyl (C=O) groups is 1. The van der Waals surface area contributed by atoms with Gasteiger partial charge < -0.3 is 4.90 Å². The summed E-state index contributed by atoms with van der Waals surface area (Å²) < 4.78 is 1.51. The Morgan fingerprint density at radius 3 is 2.62 bits per heavy atom. The maximum absolute atomic E-state index is 13.2. The summed E-state index contributed by atoms with van der Waals surface area (Å²) in [7, 11) is 0.